The van der Waals surface area contributed by atoms with Crippen LogP contribution in [0.3, 0.4) is 0 Å². The van der Waals surface area contributed by atoms with Crippen LogP contribution in [-0.4, -0.2) is 31.5 Å². The van der Waals surface area contributed by atoms with Crippen molar-refractivity contribution in [3.63, 3.8) is 0 Å². The molecule has 19 heavy (non-hydrogen) atoms. The number of carbonyl (C=O) groups is 1. The van der Waals surface area contributed by atoms with Gasteiger partial charge in [0.25, 0.3) is 0 Å². The number of methoxy groups -OCH3 is 1. The van der Waals surface area contributed by atoms with Crippen LogP contribution in [0.1, 0.15) is 18.9 Å². The third-order valence-electron chi connectivity index (χ3n) is 2.59. The second kappa shape index (κ2) is 8.80. The van der Waals surface area contributed by atoms with Gasteiger partial charge in [-0.3, -0.25) is 4.79 Å². The van der Waals surface area contributed by atoms with Crippen molar-refractivity contribution in [1.29, 1.82) is 0 Å². The van der Waals surface area contributed by atoms with Crippen molar-refractivity contribution in [2.75, 3.05) is 25.6 Å². The van der Waals surface area contributed by atoms with Crippen LogP contribution in [0, 0.1) is 0 Å². The number of benzene rings is 1. The van der Waals surface area contributed by atoms with Crippen LogP contribution in [0.25, 0.3) is 0 Å². The van der Waals surface area contributed by atoms with Crippen molar-refractivity contribution < 1.29 is 14.3 Å². The van der Waals surface area contributed by atoms with Crippen LogP contribution in [0.4, 0.5) is 0 Å². The molecule has 0 bridgehead atoms. The quantitative estimate of drug-likeness (QED) is 0.745. The Morgan fingerprint density at radius 3 is 2.79 bits per heavy atom. The van der Waals surface area contributed by atoms with Crippen molar-refractivity contribution in [3.05, 3.63) is 23.8 Å². The molecule has 1 N–H and O–H groups in total. The second-order valence-corrected chi connectivity index (χ2v) is 4.75. The molecule has 1 aromatic rings. The van der Waals surface area contributed by atoms with Gasteiger partial charge in [0.15, 0.2) is 11.5 Å². The zero-order valence-corrected chi connectivity index (χ0v) is 13.0. The first-order valence-electron chi connectivity index (χ1n) is 6.33. The molecule has 0 unspecified atom stereocenters. The Labute approximate surface area is 122 Å². The van der Waals surface area contributed by atoms with Crippen molar-refractivity contribution in [3.8, 4) is 11.5 Å². The van der Waals surface area contributed by atoms with Crippen LogP contribution in [-0.2, 0) is 11.2 Å². The number of ether oxygens (including phenoxy) is 2. The lowest BCUT2D eigenvalue weighted by Gasteiger charge is -2.11. The molecule has 106 valence electrons. The van der Waals surface area contributed by atoms with Crippen LogP contribution >= 0.6 is 15.9 Å². The fraction of sp³-hybridized carbons (Fsp3) is 0.500. The Morgan fingerprint density at radius 2 is 2.16 bits per heavy atom. The highest BCUT2D eigenvalue weighted by Crippen LogP contribution is 2.28. The summed E-state index contributed by atoms with van der Waals surface area (Å²) in [7, 11) is 1.62. The van der Waals surface area contributed by atoms with Gasteiger partial charge in [-0.05, 0) is 31.0 Å². The molecule has 0 aliphatic rings. The standard InChI is InChI=1S/C14H20BrNO3/c1-3-19-12-5-4-11(10-13(12)18-2)7-9-16-14(17)6-8-15/h4-5,10H,3,6-9H2,1-2H3,(H,16,17). The zero-order valence-electron chi connectivity index (χ0n) is 11.4. The molecular formula is C14H20BrNO3. The van der Waals surface area contributed by atoms with E-state index in [0.717, 1.165) is 23.5 Å². The van der Waals surface area contributed by atoms with Crippen molar-refractivity contribution in [2.24, 2.45) is 0 Å². The molecule has 1 aromatic carbocycles. The van der Waals surface area contributed by atoms with E-state index in [0.29, 0.717) is 24.9 Å². The van der Waals surface area contributed by atoms with E-state index in [9.17, 15) is 4.79 Å². The summed E-state index contributed by atoms with van der Waals surface area (Å²) in [6.07, 6.45) is 1.28. The molecule has 0 saturated carbocycles. The average molecular weight is 330 g/mol. The fourth-order valence-electron chi connectivity index (χ4n) is 1.66. The summed E-state index contributed by atoms with van der Waals surface area (Å²) < 4.78 is 10.7. The summed E-state index contributed by atoms with van der Waals surface area (Å²) in [5.74, 6) is 1.54. The van der Waals surface area contributed by atoms with Crippen LogP contribution in [0.15, 0.2) is 18.2 Å². The van der Waals surface area contributed by atoms with Gasteiger partial charge in [-0.1, -0.05) is 22.0 Å². The van der Waals surface area contributed by atoms with E-state index >= 15 is 0 Å². The SMILES string of the molecule is CCOc1ccc(CCNC(=O)CCBr)cc1OC. The highest BCUT2D eigenvalue weighted by molar-refractivity contribution is 9.09. The van der Waals surface area contributed by atoms with Gasteiger partial charge in [0.1, 0.15) is 0 Å². The van der Waals surface area contributed by atoms with Gasteiger partial charge >= 0.3 is 0 Å². The predicted molar refractivity (Wildman–Crippen MR) is 79.3 cm³/mol. The number of halogens is 1. The molecule has 0 atom stereocenters. The number of amides is 1. The first-order valence-corrected chi connectivity index (χ1v) is 7.45. The molecule has 1 rings (SSSR count). The average Bonchev–Trinajstić information content (AvgIpc) is 2.41. The third kappa shape index (κ3) is 5.51. The maximum Gasteiger partial charge on any atom is 0.220 e. The number of rotatable bonds is 8. The van der Waals surface area contributed by atoms with Gasteiger partial charge < -0.3 is 14.8 Å². The first kappa shape index (κ1) is 15.8. The van der Waals surface area contributed by atoms with Crippen molar-refractivity contribution >= 4 is 21.8 Å². The summed E-state index contributed by atoms with van der Waals surface area (Å²) in [5.41, 5.74) is 1.11. The lowest BCUT2D eigenvalue weighted by Crippen LogP contribution is -2.25. The Hall–Kier alpha value is -1.23. The Morgan fingerprint density at radius 1 is 1.37 bits per heavy atom. The Balaban J connectivity index is 2.52. The molecule has 0 saturated heterocycles. The van der Waals surface area contributed by atoms with Gasteiger partial charge in [-0.25, -0.2) is 0 Å². The van der Waals surface area contributed by atoms with Crippen LogP contribution in [0.5, 0.6) is 11.5 Å². The molecule has 0 fully saturated rings. The van der Waals surface area contributed by atoms with Gasteiger partial charge in [-0.2, -0.15) is 0 Å². The highest BCUT2D eigenvalue weighted by Gasteiger charge is 2.05. The summed E-state index contributed by atoms with van der Waals surface area (Å²) in [5, 5.41) is 3.56. The minimum absolute atomic E-state index is 0.0646. The molecular weight excluding hydrogens is 310 g/mol. The van der Waals surface area contributed by atoms with Gasteiger partial charge in [0, 0.05) is 18.3 Å². The summed E-state index contributed by atoms with van der Waals surface area (Å²) >= 11 is 3.24. The van der Waals surface area contributed by atoms with E-state index in [1.54, 1.807) is 7.11 Å². The Kier molecular flexibility index (Phi) is 7.33. The number of hydrogen-bond donors (Lipinski definition) is 1. The topological polar surface area (TPSA) is 47.6 Å². The molecule has 0 spiro atoms. The number of carbonyl (C=O) groups excluding carboxylic acids is 1. The van der Waals surface area contributed by atoms with Crippen molar-refractivity contribution in [2.45, 2.75) is 19.8 Å². The van der Waals surface area contributed by atoms with E-state index in [2.05, 4.69) is 21.2 Å². The highest BCUT2D eigenvalue weighted by atomic mass is 79.9. The van der Waals surface area contributed by atoms with Gasteiger partial charge in [-0.15, -0.1) is 0 Å². The Bertz CT molecular complexity index is 410. The van der Waals surface area contributed by atoms with Crippen LogP contribution < -0.4 is 14.8 Å². The number of hydrogen-bond acceptors (Lipinski definition) is 3. The molecule has 0 aromatic heterocycles. The summed E-state index contributed by atoms with van der Waals surface area (Å²) in [6, 6.07) is 5.84. The summed E-state index contributed by atoms with van der Waals surface area (Å²) in [6.45, 7) is 3.17. The lowest BCUT2D eigenvalue weighted by molar-refractivity contribution is -0.120. The minimum Gasteiger partial charge on any atom is -0.493 e. The second-order valence-electron chi connectivity index (χ2n) is 3.96. The van der Waals surface area contributed by atoms with E-state index in [-0.39, 0.29) is 5.91 Å². The molecule has 4 nitrogen and oxygen atoms in total. The van der Waals surface area contributed by atoms with E-state index in [1.807, 2.05) is 25.1 Å². The van der Waals surface area contributed by atoms with Gasteiger partial charge in [0.05, 0.1) is 13.7 Å². The maximum absolute atomic E-state index is 11.3. The van der Waals surface area contributed by atoms with E-state index in [1.165, 1.54) is 0 Å². The molecule has 1 amide bonds. The smallest absolute Gasteiger partial charge is 0.220 e. The fourth-order valence-corrected chi connectivity index (χ4v) is 2.02. The summed E-state index contributed by atoms with van der Waals surface area (Å²) in [4.78, 5) is 11.3. The maximum atomic E-state index is 11.3. The largest absolute Gasteiger partial charge is 0.493 e. The van der Waals surface area contributed by atoms with E-state index < -0.39 is 0 Å². The van der Waals surface area contributed by atoms with Crippen LogP contribution in [0.2, 0.25) is 0 Å². The minimum atomic E-state index is 0.0646. The van der Waals surface area contributed by atoms with Gasteiger partial charge in [0.2, 0.25) is 5.91 Å². The molecule has 0 aliphatic heterocycles. The monoisotopic (exact) mass is 329 g/mol. The zero-order chi connectivity index (χ0) is 14.1. The normalized spacial score (nSPS) is 10.1. The first-order chi connectivity index (χ1) is 9.21. The third-order valence-corrected chi connectivity index (χ3v) is 2.98. The number of nitrogens with one attached hydrogen (secondary N) is 1. The molecule has 0 aliphatic carbocycles. The van der Waals surface area contributed by atoms with E-state index in [4.69, 9.17) is 9.47 Å². The predicted octanol–water partition coefficient (Wildman–Crippen LogP) is 2.54. The molecule has 0 radical (unpaired) electrons. The van der Waals surface area contributed by atoms with Crippen molar-refractivity contribution in [1.82, 2.24) is 5.32 Å². The number of alkyl halides is 1. The lowest BCUT2D eigenvalue weighted by atomic mass is 10.1. The molecule has 5 heteroatoms. The molecule has 0 heterocycles.